The van der Waals surface area contributed by atoms with Crippen molar-refractivity contribution >= 4 is 66.9 Å². The van der Waals surface area contributed by atoms with E-state index < -0.39 is 52.3 Å². The van der Waals surface area contributed by atoms with Crippen LogP contribution in [0, 0.1) is 23.0 Å². The van der Waals surface area contributed by atoms with Crippen LogP contribution in [-0.2, 0) is 14.2 Å². The maximum atomic E-state index is 17.5. The molecular weight excluding hydrogens is 811 g/mol. The minimum Gasteiger partial charge on any atom is -0.461 e. The summed E-state index contributed by atoms with van der Waals surface area (Å²) >= 11 is 7.80. The quantitative estimate of drug-likeness (QED) is 0.200. The number of anilines is 2. The van der Waals surface area contributed by atoms with Gasteiger partial charge in [0.2, 0.25) is 0 Å². The minimum atomic E-state index is -0.996. The number of hydrogen-bond donors (Lipinski definition) is 1. The molecule has 59 heavy (non-hydrogen) atoms. The van der Waals surface area contributed by atoms with Gasteiger partial charge in [0.25, 0.3) is 0 Å². The molecule has 18 heteroatoms. The van der Waals surface area contributed by atoms with E-state index in [0.717, 1.165) is 36.8 Å². The number of rotatable bonds is 6. The number of carbonyl (C=O) groups is 2. The number of likely N-dealkylation sites (tertiary alicyclic amines) is 1. The van der Waals surface area contributed by atoms with E-state index >= 15 is 8.78 Å². The maximum absolute atomic E-state index is 17.5. The number of aromatic nitrogens is 2. The van der Waals surface area contributed by atoms with Gasteiger partial charge in [0, 0.05) is 35.8 Å². The van der Waals surface area contributed by atoms with Gasteiger partial charge in [-0.25, -0.2) is 22.8 Å². The largest absolute Gasteiger partial charge is 0.461 e. The van der Waals surface area contributed by atoms with Crippen LogP contribution in [0.5, 0.6) is 6.01 Å². The summed E-state index contributed by atoms with van der Waals surface area (Å²) in [5.74, 6) is -1.25. The van der Waals surface area contributed by atoms with Crippen LogP contribution in [0.3, 0.4) is 0 Å². The zero-order valence-corrected chi connectivity index (χ0v) is 35.2. The third-order valence-corrected chi connectivity index (χ3v) is 12.4. The number of halogens is 4. The Kier molecular flexibility index (Phi) is 10.3. The molecule has 0 saturated carbocycles. The molecule has 13 nitrogen and oxygen atoms in total. The molecule has 6 heterocycles. The molecule has 2 atom stereocenters. The van der Waals surface area contributed by atoms with Crippen LogP contribution in [-0.4, -0.2) is 113 Å². The summed E-state index contributed by atoms with van der Waals surface area (Å²) in [7, 11) is 0. The van der Waals surface area contributed by atoms with E-state index in [0.29, 0.717) is 25.3 Å². The molecule has 2 amide bonds. The maximum Gasteiger partial charge on any atom is 0.412 e. The molecule has 4 aliphatic rings. The number of nitrogens with zero attached hydrogens (tertiary/aromatic N) is 6. The molecule has 4 fully saturated rings. The van der Waals surface area contributed by atoms with Crippen LogP contribution in [0.1, 0.15) is 66.4 Å². The Hall–Kier alpha value is -4.63. The SMILES string of the molecule is CC(C)(C)OC(=O)Nc1sc2c(F)ccc(-c3c(Cl)cc4c(N5CCOC6(CN(C(=O)OC(C)(C)C)C6)C5)nc(OC[C@@]56CCCN5C[C@H](F)C6)nc4c3F)c2c1C#N. The van der Waals surface area contributed by atoms with E-state index in [1.807, 2.05) is 11.0 Å². The van der Waals surface area contributed by atoms with Crippen LogP contribution in [0.15, 0.2) is 18.2 Å². The molecule has 8 rings (SSSR count). The number of carbonyl (C=O) groups excluding carboxylic acids is 2. The Morgan fingerprint density at radius 2 is 1.85 bits per heavy atom. The van der Waals surface area contributed by atoms with Gasteiger partial charge >= 0.3 is 18.2 Å². The Bertz CT molecular complexity index is 2410. The van der Waals surface area contributed by atoms with Crippen molar-refractivity contribution in [3.8, 4) is 23.2 Å². The van der Waals surface area contributed by atoms with Gasteiger partial charge in [-0.2, -0.15) is 15.2 Å². The van der Waals surface area contributed by atoms with Gasteiger partial charge < -0.3 is 28.7 Å². The summed E-state index contributed by atoms with van der Waals surface area (Å²) in [5.41, 5.74) is -3.12. The van der Waals surface area contributed by atoms with Crippen LogP contribution in [0.2, 0.25) is 5.02 Å². The zero-order valence-electron chi connectivity index (χ0n) is 33.6. The van der Waals surface area contributed by atoms with Gasteiger partial charge in [0.15, 0.2) is 5.82 Å². The highest BCUT2D eigenvalue weighted by Gasteiger charge is 2.51. The molecule has 1 N–H and O–H groups in total. The van der Waals surface area contributed by atoms with Crippen molar-refractivity contribution in [2.75, 3.05) is 62.7 Å². The van der Waals surface area contributed by atoms with Gasteiger partial charge in [0.1, 0.15) is 57.8 Å². The number of thiophene rings is 1. The summed E-state index contributed by atoms with van der Waals surface area (Å²) in [6.45, 7) is 13.0. The topological polar surface area (TPSA) is 142 Å². The molecule has 0 bridgehead atoms. The highest BCUT2D eigenvalue weighted by molar-refractivity contribution is 7.23. The first-order valence-corrected chi connectivity index (χ1v) is 20.7. The number of nitrogens with one attached hydrogen (secondary N) is 1. The number of fused-ring (bicyclic) bond motifs is 3. The Balaban J connectivity index is 1.21. The summed E-state index contributed by atoms with van der Waals surface area (Å²) in [5, 5.41) is 13.1. The van der Waals surface area contributed by atoms with Crippen molar-refractivity contribution < 1.29 is 41.7 Å². The number of amides is 2. The van der Waals surface area contributed by atoms with Crippen molar-refractivity contribution in [2.24, 2.45) is 0 Å². The molecule has 0 aliphatic carbocycles. The number of morpholine rings is 1. The highest BCUT2D eigenvalue weighted by Crippen LogP contribution is 2.47. The van der Waals surface area contributed by atoms with Crippen molar-refractivity contribution in [1.29, 1.82) is 5.26 Å². The number of ether oxygens (including phenoxy) is 4. The first kappa shape index (κ1) is 41.1. The van der Waals surface area contributed by atoms with Crippen LogP contribution in [0.25, 0.3) is 32.1 Å². The van der Waals surface area contributed by atoms with Crippen LogP contribution in [0.4, 0.5) is 33.6 Å². The van der Waals surface area contributed by atoms with Crippen molar-refractivity contribution in [1.82, 2.24) is 19.8 Å². The van der Waals surface area contributed by atoms with E-state index in [2.05, 4.69) is 15.2 Å². The molecular formula is C41H45ClF3N7O6S. The van der Waals surface area contributed by atoms with Gasteiger partial charge in [-0.1, -0.05) is 17.7 Å². The van der Waals surface area contributed by atoms with E-state index in [1.165, 1.54) is 12.1 Å². The van der Waals surface area contributed by atoms with Gasteiger partial charge in [-0.3, -0.25) is 10.2 Å². The second kappa shape index (κ2) is 14.8. The molecule has 4 saturated heterocycles. The second-order valence-electron chi connectivity index (χ2n) is 17.8. The van der Waals surface area contributed by atoms with E-state index in [-0.39, 0.29) is 86.6 Å². The first-order chi connectivity index (χ1) is 27.8. The monoisotopic (exact) mass is 855 g/mol. The lowest BCUT2D eigenvalue weighted by Gasteiger charge is -2.53. The molecule has 2 aromatic heterocycles. The average molecular weight is 856 g/mol. The summed E-state index contributed by atoms with van der Waals surface area (Å²) in [6, 6.07) is 5.92. The lowest BCUT2D eigenvalue weighted by atomic mass is 9.92. The molecule has 1 spiro atoms. The number of hydrogen-bond acceptors (Lipinski definition) is 12. The van der Waals surface area contributed by atoms with Crippen molar-refractivity contribution in [2.45, 2.75) is 89.3 Å². The van der Waals surface area contributed by atoms with E-state index in [9.17, 15) is 19.2 Å². The highest BCUT2D eigenvalue weighted by atomic mass is 35.5. The first-order valence-electron chi connectivity index (χ1n) is 19.5. The predicted molar refractivity (Wildman–Crippen MR) is 217 cm³/mol. The summed E-state index contributed by atoms with van der Waals surface area (Å²) < 4.78 is 71.1. The summed E-state index contributed by atoms with van der Waals surface area (Å²) in [4.78, 5) is 40.6. The Morgan fingerprint density at radius 3 is 2.56 bits per heavy atom. The fourth-order valence-corrected chi connectivity index (χ4v) is 10.0. The number of benzene rings is 2. The smallest absolute Gasteiger partial charge is 0.412 e. The van der Waals surface area contributed by atoms with Gasteiger partial charge in [-0.05, 0) is 78.6 Å². The molecule has 0 unspecified atom stereocenters. The average Bonchev–Trinajstić information content (AvgIpc) is 3.79. The number of nitriles is 1. The normalized spacial score (nSPS) is 21.7. The van der Waals surface area contributed by atoms with E-state index in [1.54, 1.807) is 46.4 Å². The molecule has 2 aromatic carbocycles. The van der Waals surface area contributed by atoms with Gasteiger partial charge in [-0.15, -0.1) is 11.3 Å². The molecule has 0 radical (unpaired) electrons. The molecule has 4 aliphatic heterocycles. The third-order valence-electron chi connectivity index (χ3n) is 11.0. The zero-order chi connectivity index (χ0) is 42.2. The second-order valence-corrected chi connectivity index (χ2v) is 19.2. The predicted octanol–water partition coefficient (Wildman–Crippen LogP) is 8.44. The van der Waals surface area contributed by atoms with E-state index in [4.69, 9.17) is 35.5 Å². The Labute approximate surface area is 348 Å². The molecule has 314 valence electrons. The van der Waals surface area contributed by atoms with Crippen molar-refractivity contribution in [3.63, 3.8) is 0 Å². The fourth-order valence-electron chi connectivity index (χ4n) is 8.65. The summed E-state index contributed by atoms with van der Waals surface area (Å²) in [6.07, 6.45) is -0.378. The number of alkyl halides is 1. The lowest BCUT2D eigenvalue weighted by Crippen LogP contribution is -2.71. The fraction of sp³-hybridized carbons (Fsp3) is 0.537. The third kappa shape index (κ3) is 7.80. The van der Waals surface area contributed by atoms with Gasteiger partial charge in [0.05, 0.1) is 47.1 Å². The lowest BCUT2D eigenvalue weighted by molar-refractivity contribution is -0.144. The van der Waals surface area contributed by atoms with Crippen LogP contribution < -0.4 is 15.0 Å². The van der Waals surface area contributed by atoms with Crippen molar-refractivity contribution in [3.05, 3.63) is 40.4 Å². The molecule has 4 aromatic rings. The minimum absolute atomic E-state index is 0.00397. The van der Waals surface area contributed by atoms with Crippen LogP contribution >= 0.6 is 22.9 Å². The Morgan fingerprint density at radius 1 is 1.10 bits per heavy atom. The standard InChI is InChI=1S/C41H45ClF3N7O6S/c1-38(2,3)57-36(53)49-34-25(16-46)28-23(8-9-27(44)32(28)59-34)29-26(42)14-24-31(30(29)45)47-35(55-21-40-10-7-11-52(40)17-22(43)15-40)48-33(24)50-12-13-56-41(18-50)19-51(20-41)37(54)58-39(4,5)6/h8-9,14,22H,7,10-13,15,17-21H2,1-6H3,(H,49,53)/t22-,40+/m1/s1.